The summed E-state index contributed by atoms with van der Waals surface area (Å²) in [5.74, 6) is -0.240. The van der Waals surface area contributed by atoms with Crippen LogP contribution in [0.3, 0.4) is 0 Å². The zero-order valence-electron chi connectivity index (χ0n) is 9.94. The van der Waals surface area contributed by atoms with Crippen molar-refractivity contribution in [2.75, 3.05) is 17.7 Å². The fourth-order valence-electron chi connectivity index (χ4n) is 1.83. The monoisotopic (exact) mass is 230 g/mol. The minimum atomic E-state index is -0.240. The third kappa shape index (κ3) is 2.23. The molecule has 0 spiro atoms. The Morgan fingerprint density at radius 1 is 1.12 bits per heavy atom. The summed E-state index contributed by atoms with van der Waals surface area (Å²) in [5, 5.41) is 0. The predicted molar refractivity (Wildman–Crippen MR) is 70.1 cm³/mol. The highest BCUT2D eigenvalue weighted by atomic mass is 19.1. The van der Waals surface area contributed by atoms with E-state index >= 15 is 0 Å². The van der Waals surface area contributed by atoms with Crippen LogP contribution >= 0.6 is 0 Å². The van der Waals surface area contributed by atoms with Crippen LogP contribution in [0, 0.1) is 12.7 Å². The molecule has 2 aromatic carbocycles. The summed E-state index contributed by atoms with van der Waals surface area (Å²) in [5.41, 5.74) is 9.39. The van der Waals surface area contributed by atoms with Crippen molar-refractivity contribution in [1.82, 2.24) is 0 Å². The highest BCUT2D eigenvalue weighted by molar-refractivity contribution is 5.70. The van der Waals surface area contributed by atoms with Gasteiger partial charge in [-0.1, -0.05) is 12.1 Å². The second-order valence-corrected chi connectivity index (χ2v) is 4.03. The predicted octanol–water partition coefficient (Wildman–Crippen LogP) is 3.48. The van der Waals surface area contributed by atoms with Crippen molar-refractivity contribution in [2.45, 2.75) is 6.92 Å². The van der Waals surface area contributed by atoms with Gasteiger partial charge in [0.25, 0.3) is 0 Å². The molecule has 0 unspecified atom stereocenters. The van der Waals surface area contributed by atoms with Gasteiger partial charge in [-0.15, -0.1) is 0 Å². The van der Waals surface area contributed by atoms with E-state index in [2.05, 4.69) is 0 Å². The maximum atomic E-state index is 13.2. The lowest BCUT2D eigenvalue weighted by Crippen LogP contribution is -2.11. The molecule has 2 rings (SSSR count). The van der Waals surface area contributed by atoms with Crippen molar-refractivity contribution in [3.63, 3.8) is 0 Å². The van der Waals surface area contributed by atoms with Crippen molar-refractivity contribution >= 4 is 17.1 Å². The van der Waals surface area contributed by atoms with Crippen molar-refractivity contribution in [2.24, 2.45) is 0 Å². The summed E-state index contributed by atoms with van der Waals surface area (Å²) in [6.07, 6.45) is 0. The molecule has 0 bridgehead atoms. The third-order valence-electron chi connectivity index (χ3n) is 2.90. The third-order valence-corrected chi connectivity index (χ3v) is 2.90. The fraction of sp³-hybridized carbons (Fsp3) is 0.143. The molecule has 0 aliphatic heterocycles. The molecular weight excluding hydrogens is 215 g/mol. The summed E-state index contributed by atoms with van der Waals surface area (Å²) in [6, 6.07) is 12.2. The molecule has 0 amide bonds. The lowest BCUT2D eigenvalue weighted by atomic mass is 10.1. The van der Waals surface area contributed by atoms with Crippen LogP contribution in [-0.2, 0) is 0 Å². The normalized spacial score (nSPS) is 10.3. The number of nitrogens with two attached hydrogens (primary N) is 1. The highest BCUT2D eigenvalue weighted by Crippen LogP contribution is 2.29. The Morgan fingerprint density at radius 2 is 1.82 bits per heavy atom. The summed E-state index contributed by atoms with van der Waals surface area (Å²) in [7, 11) is 1.90. The quantitative estimate of drug-likeness (QED) is 0.800. The van der Waals surface area contributed by atoms with Gasteiger partial charge in [-0.2, -0.15) is 0 Å². The van der Waals surface area contributed by atoms with Crippen molar-refractivity contribution < 1.29 is 4.39 Å². The molecule has 0 saturated heterocycles. The first-order valence-corrected chi connectivity index (χ1v) is 5.44. The summed E-state index contributed by atoms with van der Waals surface area (Å²) >= 11 is 0. The van der Waals surface area contributed by atoms with Gasteiger partial charge in [-0.05, 0) is 42.8 Å². The number of rotatable bonds is 2. The van der Waals surface area contributed by atoms with Gasteiger partial charge >= 0.3 is 0 Å². The Balaban J connectivity index is 2.44. The van der Waals surface area contributed by atoms with Gasteiger partial charge in [0.05, 0.1) is 0 Å². The first kappa shape index (κ1) is 11.5. The molecule has 2 aromatic rings. The molecule has 0 heterocycles. The maximum absolute atomic E-state index is 13.2. The average Bonchev–Trinajstić information content (AvgIpc) is 2.32. The molecule has 3 heteroatoms. The number of nitrogens with zero attached hydrogens (tertiary/aromatic N) is 1. The Morgan fingerprint density at radius 3 is 2.53 bits per heavy atom. The molecule has 17 heavy (non-hydrogen) atoms. The van der Waals surface area contributed by atoms with Crippen LogP contribution in [0.5, 0.6) is 0 Å². The second-order valence-electron chi connectivity index (χ2n) is 4.03. The molecule has 0 saturated carbocycles. The Hall–Kier alpha value is -2.03. The van der Waals surface area contributed by atoms with Gasteiger partial charge in [0.1, 0.15) is 5.82 Å². The van der Waals surface area contributed by atoms with E-state index in [1.54, 1.807) is 6.07 Å². The Bertz CT molecular complexity index is 537. The van der Waals surface area contributed by atoms with Gasteiger partial charge in [0, 0.05) is 24.1 Å². The number of anilines is 3. The van der Waals surface area contributed by atoms with Crippen LogP contribution in [-0.4, -0.2) is 7.05 Å². The number of hydrogen-bond donors (Lipinski definition) is 1. The number of nitrogen functional groups attached to an aromatic ring is 1. The fourth-order valence-corrected chi connectivity index (χ4v) is 1.83. The van der Waals surface area contributed by atoms with E-state index in [1.807, 2.05) is 43.1 Å². The molecule has 88 valence electrons. The zero-order chi connectivity index (χ0) is 12.4. The van der Waals surface area contributed by atoms with Gasteiger partial charge in [-0.3, -0.25) is 0 Å². The largest absolute Gasteiger partial charge is 0.398 e. The molecule has 0 radical (unpaired) electrons. The van der Waals surface area contributed by atoms with E-state index in [0.29, 0.717) is 0 Å². The number of benzene rings is 2. The molecule has 0 aliphatic carbocycles. The van der Waals surface area contributed by atoms with Gasteiger partial charge in [0.2, 0.25) is 0 Å². The van der Waals surface area contributed by atoms with E-state index in [4.69, 9.17) is 5.73 Å². The zero-order valence-corrected chi connectivity index (χ0v) is 9.94. The van der Waals surface area contributed by atoms with Gasteiger partial charge in [0.15, 0.2) is 0 Å². The molecule has 0 atom stereocenters. The first-order chi connectivity index (χ1) is 8.09. The Labute approximate surface area is 100 Å². The SMILES string of the molecule is Cc1c(N)cccc1N(C)c1cccc(F)c1. The molecule has 0 aromatic heterocycles. The summed E-state index contributed by atoms with van der Waals surface area (Å²) in [4.78, 5) is 1.93. The van der Waals surface area contributed by atoms with Crippen LogP contribution in [0.15, 0.2) is 42.5 Å². The van der Waals surface area contributed by atoms with Crippen LogP contribution in [0.4, 0.5) is 21.5 Å². The van der Waals surface area contributed by atoms with Gasteiger partial charge < -0.3 is 10.6 Å². The van der Waals surface area contributed by atoms with Crippen LogP contribution in [0.2, 0.25) is 0 Å². The molecule has 0 aliphatic rings. The highest BCUT2D eigenvalue weighted by Gasteiger charge is 2.08. The first-order valence-electron chi connectivity index (χ1n) is 5.44. The lowest BCUT2D eigenvalue weighted by molar-refractivity contribution is 0.628. The Kier molecular flexibility index (Phi) is 3.00. The molecule has 2 N–H and O–H groups in total. The van der Waals surface area contributed by atoms with E-state index in [-0.39, 0.29) is 5.82 Å². The summed E-state index contributed by atoms with van der Waals surface area (Å²) < 4.78 is 13.2. The molecule has 2 nitrogen and oxygen atoms in total. The van der Waals surface area contributed by atoms with Crippen LogP contribution < -0.4 is 10.6 Å². The molecule has 0 fully saturated rings. The van der Waals surface area contributed by atoms with Gasteiger partial charge in [-0.25, -0.2) is 4.39 Å². The summed E-state index contributed by atoms with van der Waals surface area (Å²) in [6.45, 7) is 1.96. The van der Waals surface area contributed by atoms with E-state index in [9.17, 15) is 4.39 Å². The van der Waals surface area contributed by atoms with E-state index in [0.717, 1.165) is 22.6 Å². The van der Waals surface area contributed by atoms with Crippen molar-refractivity contribution in [1.29, 1.82) is 0 Å². The topological polar surface area (TPSA) is 29.3 Å². The van der Waals surface area contributed by atoms with E-state index in [1.165, 1.54) is 12.1 Å². The second kappa shape index (κ2) is 4.45. The smallest absolute Gasteiger partial charge is 0.125 e. The average molecular weight is 230 g/mol. The van der Waals surface area contributed by atoms with E-state index < -0.39 is 0 Å². The van der Waals surface area contributed by atoms with Crippen LogP contribution in [0.1, 0.15) is 5.56 Å². The van der Waals surface area contributed by atoms with Crippen LogP contribution in [0.25, 0.3) is 0 Å². The minimum Gasteiger partial charge on any atom is -0.398 e. The number of hydrogen-bond acceptors (Lipinski definition) is 2. The van der Waals surface area contributed by atoms with Crippen molar-refractivity contribution in [3.8, 4) is 0 Å². The standard InChI is InChI=1S/C14H15FN2/c1-10-13(16)7-4-8-14(10)17(2)12-6-3-5-11(15)9-12/h3-9H,16H2,1-2H3. The minimum absolute atomic E-state index is 0.240. The molecular formula is C14H15FN2. The number of halogens is 1. The van der Waals surface area contributed by atoms with Crippen molar-refractivity contribution in [3.05, 3.63) is 53.8 Å². The maximum Gasteiger partial charge on any atom is 0.125 e. The lowest BCUT2D eigenvalue weighted by Gasteiger charge is -2.22.